The van der Waals surface area contributed by atoms with E-state index in [-0.39, 0.29) is 24.4 Å². The summed E-state index contributed by atoms with van der Waals surface area (Å²) in [5.74, 6) is -0.431. The maximum atomic E-state index is 13.2. The minimum atomic E-state index is -0.379. The molecule has 29 heavy (non-hydrogen) atoms. The number of hydrogen-bond acceptors (Lipinski definition) is 2. The minimum Gasteiger partial charge on any atom is -0.324 e. The number of benzene rings is 3. The first-order valence-electron chi connectivity index (χ1n) is 9.30. The Morgan fingerprint density at radius 3 is 2.41 bits per heavy atom. The van der Waals surface area contributed by atoms with E-state index in [0.29, 0.717) is 0 Å². The van der Waals surface area contributed by atoms with Crippen molar-refractivity contribution >= 4 is 39.5 Å². The maximum Gasteiger partial charge on any atom is 0.247 e. The van der Waals surface area contributed by atoms with E-state index in [1.807, 2.05) is 78.9 Å². The molecule has 0 saturated carbocycles. The molecule has 2 amide bonds. The molecule has 0 aromatic heterocycles. The molecular formula is C24H19BrN2O2. The quantitative estimate of drug-likeness (QED) is 0.573. The number of halogens is 1. The summed E-state index contributed by atoms with van der Waals surface area (Å²) in [4.78, 5) is 27.4. The predicted octanol–water partition coefficient (Wildman–Crippen LogP) is 5.03. The van der Waals surface area contributed by atoms with Crippen molar-refractivity contribution in [2.75, 3.05) is 11.9 Å². The summed E-state index contributed by atoms with van der Waals surface area (Å²) in [6.45, 7) is -0.0240. The second-order valence-corrected chi connectivity index (χ2v) is 7.72. The molecule has 1 atom stereocenters. The average Bonchev–Trinajstić information content (AvgIpc) is 2.89. The number of carbonyl (C=O) groups excluding carboxylic acids is 2. The van der Waals surface area contributed by atoms with Gasteiger partial charge in [-0.1, -0.05) is 76.6 Å². The molecule has 5 heteroatoms. The van der Waals surface area contributed by atoms with Crippen molar-refractivity contribution in [3.8, 4) is 0 Å². The van der Waals surface area contributed by atoms with Crippen LogP contribution in [0, 0.1) is 0 Å². The van der Waals surface area contributed by atoms with Crippen LogP contribution in [0.3, 0.4) is 0 Å². The number of fused-ring (bicyclic) bond motifs is 1. The summed E-state index contributed by atoms with van der Waals surface area (Å²) in [7, 11) is 0. The van der Waals surface area contributed by atoms with Crippen molar-refractivity contribution < 1.29 is 9.59 Å². The molecule has 3 aromatic carbocycles. The fourth-order valence-corrected chi connectivity index (χ4v) is 3.88. The molecule has 1 heterocycles. The van der Waals surface area contributed by atoms with Crippen LogP contribution in [0.1, 0.15) is 22.7 Å². The number of amides is 2. The number of hydrogen-bond donors (Lipinski definition) is 1. The molecule has 0 saturated heterocycles. The summed E-state index contributed by atoms with van der Waals surface area (Å²) in [6, 6.07) is 24.7. The summed E-state index contributed by atoms with van der Waals surface area (Å²) in [5, 5.41) is 2.93. The molecule has 3 aromatic rings. The van der Waals surface area contributed by atoms with E-state index < -0.39 is 0 Å². The zero-order chi connectivity index (χ0) is 20.2. The Hall–Kier alpha value is -3.18. The third-order valence-electron chi connectivity index (χ3n) is 4.82. The fraction of sp³-hybridized carbons (Fsp3) is 0.0833. The van der Waals surface area contributed by atoms with Gasteiger partial charge in [0.15, 0.2) is 0 Å². The van der Waals surface area contributed by atoms with Gasteiger partial charge in [-0.15, -0.1) is 0 Å². The number of rotatable bonds is 3. The van der Waals surface area contributed by atoms with Crippen molar-refractivity contribution in [3.63, 3.8) is 0 Å². The van der Waals surface area contributed by atoms with E-state index in [1.165, 1.54) is 6.08 Å². The molecule has 4 nitrogen and oxygen atoms in total. The van der Waals surface area contributed by atoms with Gasteiger partial charge >= 0.3 is 0 Å². The zero-order valence-electron chi connectivity index (χ0n) is 15.6. The van der Waals surface area contributed by atoms with E-state index >= 15 is 0 Å². The van der Waals surface area contributed by atoms with Crippen LogP contribution >= 0.6 is 15.9 Å². The van der Waals surface area contributed by atoms with Crippen LogP contribution in [-0.2, 0) is 9.59 Å². The molecule has 0 fully saturated rings. The Labute approximate surface area is 178 Å². The SMILES string of the molecule is O=C1CN(C(=O)C=Cc2ccccc2)C(c2ccccc2)c2cc(Br)ccc2N1. The van der Waals surface area contributed by atoms with E-state index in [2.05, 4.69) is 21.2 Å². The van der Waals surface area contributed by atoms with Crippen LogP contribution in [0.15, 0.2) is 89.4 Å². The predicted molar refractivity (Wildman–Crippen MR) is 118 cm³/mol. The monoisotopic (exact) mass is 446 g/mol. The lowest BCUT2D eigenvalue weighted by Gasteiger charge is -2.29. The van der Waals surface area contributed by atoms with E-state index in [1.54, 1.807) is 11.0 Å². The molecule has 1 aliphatic heterocycles. The van der Waals surface area contributed by atoms with Gasteiger partial charge in [-0.05, 0) is 35.4 Å². The molecule has 0 bridgehead atoms. The summed E-state index contributed by atoms with van der Waals surface area (Å²) in [6.07, 6.45) is 3.30. The van der Waals surface area contributed by atoms with Gasteiger partial charge in [-0.3, -0.25) is 9.59 Å². The first-order chi connectivity index (χ1) is 14.1. The number of carbonyl (C=O) groups is 2. The van der Waals surface area contributed by atoms with Crippen molar-refractivity contribution in [1.29, 1.82) is 0 Å². The van der Waals surface area contributed by atoms with Crippen molar-refractivity contribution in [2.24, 2.45) is 0 Å². The fourth-order valence-electron chi connectivity index (χ4n) is 3.50. The zero-order valence-corrected chi connectivity index (χ0v) is 17.2. The topological polar surface area (TPSA) is 49.4 Å². The van der Waals surface area contributed by atoms with Crippen molar-refractivity contribution in [1.82, 2.24) is 4.90 Å². The van der Waals surface area contributed by atoms with Gasteiger partial charge < -0.3 is 10.2 Å². The third kappa shape index (κ3) is 4.30. The van der Waals surface area contributed by atoms with Crippen LogP contribution in [0.5, 0.6) is 0 Å². The normalized spacial score (nSPS) is 16.2. The van der Waals surface area contributed by atoms with Crippen LogP contribution in [0.2, 0.25) is 0 Å². The number of nitrogens with one attached hydrogen (secondary N) is 1. The van der Waals surface area contributed by atoms with Crippen LogP contribution in [0.25, 0.3) is 6.08 Å². The molecule has 144 valence electrons. The lowest BCUT2D eigenvalue weighted by molar-refractivity contribution is -0.131. The minimum absolute atomic E-state index is 0.0240. The van der Waals surface area contributed by atoms with Gasteiger partial charge in [0, 0.05) is 21.8 Å². The molecule has 0 radical (unpaired) electrons. The van der Waals surface area contributed by atoms with Gasteiger partial charge in [-0.2, -0.15) is 0 Å². The molecule has 0 spiro atoms. The lowest BCUT2D eigenvalue weighted by atomic mass is 9.96. The molecule has 1 unspecified atom stereocenters. The van der Waals surface area contributed by atoms with E-state index in [0.717, 1.165) is 26.9 Å². The molecule has 1 aliphatic rings. The van der Waals surface area contributed by atoms with Crippen LogP contribution in [0.4, 0.5) is 5.69 Å². The maximum absolute atomic E-state index is 13.2. The third-order valence-corrected chi connectivity index (χ3v) is 5.32. The first-order valence-corrected chi connectivity index (χ1v) is 10.1. The Bertz CT molecular complexity index is 1060. The number of nitrogens with zero attached hydrogens (tertiary/aromatic N) is 1. The summed E-state index contributed by atoms with van der Waals surface area (Å²) < 4.78 is 0.889. The Kier molecular flexibility index (Phi) is 5.58. The highest BCUT2D eigenvalue weighted by Crippen LogP contribution is 2.37. The van der Waals surface area contributed by atoms with Crippen molar-refractivity contribution in [2.45, 2.75) is 6.04 Å². The lowest BCUT2D eigenvalue weighted by Crippen LogP contribution is -2.38. The first kappa shape index (κ1) is 19.2. The second kappa shape index (κ2) is 8.45. The molecule has 4 rings (SSSR count). The van der Waals surface area contributed by atoms with Gasteiger partial charge in [0.25, 0.3) is 0 Å². The number of anilines is 1. The molecular weight excluding hydrogens is 428 g/mol. The smallest absolute Gasteiger partial charge is 0.247 e. The summed E-state index contributed by atoms with van der Waals surface area (Å²) in [5.41, 5.74) is 3.47. The Morgan fingerprint density at radius 2 is 1.69 bits per heavy atom. The van der Waals surface area contributed by atoms with Gasteiger partial charge in [-0.25, -0.2) is 0 Å². The van der Waals surface area contributed by atoms with Gasteiger partial charge in [0.2, 0.25) is 11.8 Å². The largest absolute Gasteiger partial charge is 0.324 e. The second-order valence-electron chi connectivity index (χ2n) is 6.80. The van der Waals surface area contributed by atoms with Crippen LogP contribution in [-0.4, -0.2) is 23.3 Å². The van der Waals surface area contributed by atoms with Crippen LogP contribution < -0.4 is 5.32 Å². The highest BCUT2D eigenvalue weighted by molar-refractivity contribution is 9.10. The molecule has 1 N–H and O–H groups in total. The average molecular weight is 447 g/mol. The molecule has 0 aliphatic carbocycles. The van der Waals surface area contributed by atoms with Gasteiger partial charge in [0.1, 0.15) is 6.54 Å². The Balaban J connectivity index is 1.78. The Morgan fingerprint density at radius 1 is 1.00 bits per heavy atom. The van der Waals surface area contributed by atoms with E-state index in [4.69, 9.17) is 0 Å². The highest BCUT2D eigenvalue weighted by atomic mass is 79.9. The summed E-state index contributed by atoms with van der Waals surface area (Å²) >= 11 is 3.52. The highest BCUT2D eigenvalue weighted by Gasteiger charge is 2.32. The van der Waals surface area contributed by atoms with Crippen molar-refractivity contribution in [3.05, 3.63) is 106 Å². The van der Waals surface area contributed by atoms with E-state index in [9.17, 15) is 9.59 Å². The standard InChI is InChI=1S/C24H19BrN2O2/c25-19-12-13-21-20(15-19)24(18-9-5-2-6-10-18)27(16-22(28)26-21)23(29)14-11-17-7-3-1-4-8-17/h1-15,24H,16H2,(H,26,28). The van der Waals surface area contributed by atoms with Gasteiger partial charge in [0.05, 0.1) is 6.04 Å².